The molecule has 0 bridgehead atoms. The molecule has 1 saturated heterocycles. The van der Waals surface area contributed by atoms with Crippen molar-refractivity contribution in [1.82, 2.24) is 0 Å². The van der Waals surface area contributed by atoms with Gasteiger partial charge in [-0.2, -0.15) is 4.99 Å². The molecule has 1 fully saturated rings. The molecule has 0 radical (unpaired) electrons. The summed E-state index contributed by atoms with van der Waals surface area (Å²) in [5.74, 6) is -0.300. The van der Waals surface area contributed by atoms with Crippen LogP contribution in [0.25, 0.3) is 0 Å². The molecule has 0 aromatic carbocycles. The lowest BCUT2D eigenvalue weighted by molar-refractivity contribution is -0.104. The largest absolute Gasteiger partial charge is 0.444 e. The van der Waals surface area contributed by atoms with Crippen LogP contribution in [-0.4, -0.2) is 90.8 Å². The number of amides is 1. The number of carbonyl (C=O) groups excluding carboxylic acids is 2. The van der Waals surface area contributed by atoms with Gasteiger partial charge >= 0.3 is 6.09 Å². The smallest absolute Gasteiger partial charge is 0.433 e. The fraction of sp³-hybridized carbons (Fsp3) is 0.650. The van der Waals surface area contributed by atoms with Crippen LogP contribution in [0, 0.1) is 5.92 Å². The van der Waals surface area contributed by atoms with E-state index < -0.39 is 18.3 Å². The van der Waals surface area contributed by atoms with Gasteiger partial charge in [-0.1, -0.05) is 12.2 Å². The average molecular weight is 411 g/mol. The second kappa shape index (κ2) is 14.1. The van der Waals surface area contributed by atoms with Crippen LogP contribution in [0.3, 0.4) is 0 Å². The van der Waals surface area contributed by atoms with Crippen LogP contribution in [0.2, 0.25) is 0 Å². The molecule has 2 rings (SSSR count). The van der Waals surface area contributed by atoms with Gasteiger partial charge in [0.05, 0.1) is 65.6 Å². The quantitative estimate of drug-likeness (QED) is 0.496. The molecule has 1 aliphatic heterocycles. The minimum absolute atomic E-state index is 0.300. The van der Waals surface area contributed by atoms with Gasteiger partial charge in [-0.25, -0.2) is 4.79 Å². The summed E-state index contributed by atoms with van der Waals surface area (Å²) < 4.78 is 33.3. The standard InChI is InChI=1S/C20H29NO8/c1-21-20(23)29-18-4-5-24-6-7-25-8-9-26-10-11-27-12-13-28-19-14-16(15-22)2-3-17(18)19/h2-3,14-15,17-19H,1,4-13H2. The van der Waals surface area contributed by atoms with Gasteiger partial charge in [0.15, 0.2) is 0 Å². The first-order chi connectivity index (χ1) is 14.2. The Morgan fingerprint density at radius 2 is 1.59 bits per heavy atom. The average Bonchev–Trinajstić information content (AvgIpc) is 2.74. The zero-order valence-electron chi connectivity index (χ0n) is 16.5. The van der Waals surface area contributed by atoms with E-state index in [4.69, 9.17) is 28.4 Å². The summed E-state index contributed by atoms with van der Waals surface area (Å²) >= 11 is 0. The lowest BCUT2D eigenvalue weighted by Crippen LogP contribution is -2.37. The summed E-state index contributed by atoms with van der Waals surface area (Å²) in [6.45, 7) is 7.01. The maximum absolute atomic E-state index is 11.7. The van der Waals surface area contributed by atoms with Crippen LogP contribution in [0.4, 0.5) is 4.79 Å². The van der Waals surface area contributed by atoms with E-state index in [1.54, 1.807) is 12.2 Å². The molecule has 0 saturated carbocycles. The summed E-state index contributed by atoms with van der Waals surface area (Å²) in [4.78, 5) is 26.2. The summed E-state index contributed by atoms with van der Waals surface area (Å²) in [5, 5.41) is 0. The minimum Gasteiger partial charge on any atom is -0.444 e. The zero-order valence-corrected chi connectivity index (χ0v) is 16.5. The molecular formula is C20H29NO8. The topological polar surface area (TPSA) is 102 Å². The Kier molecular flexibility index (Phi) is 11.4. The van der Waals surface area contributed by atoms with Crippen LogP contribution in [0.1, 0.15) is 6.42 Å². The van der Waals surface area contributed by atoms with Crippen molar-refractivity contribution in [3.63, 3.8) is 0 Å². The number of ether oxygens (including phenoxy) is 6. The highest BCUT2D eigenvalue weighted by Crippen LogP contribution is 2.26. The van der Waals surface area contributed by atoms with Crippen LogP contribution in [-0.2, 0) is 33.2 Å². The summed E-state index contributed by atoms with van der Waals surface area (Å²) in [5.41, 5.74) is 0.503. The number of aliphatic imine (C=N–C) groups is 1. The summed E-state index contributed by atoms with van der Waals surface area (Å²) in [6, 6.07) is 0. The minimum atomic E-state index is -0.763. The van der Waals surface area contributed by atoms with Gasteiger partial charge < -0.3 is 28.4 Å². The third kappa shape index (κ3) is 8.97. The Morgan fingerprint density at radius 3 is 2.17 bits per heavy atom. The van der Waals surface area contributed by atoms with Crippen molar-refractivity contribution in [1.29, 1.82) is 0 Å². The molecular weight excluding hydrogens is 382 g/mol. The zero-order chi connectivity index (χ0) is 20.7. The van der Waals surface area contributed by atoms with Gasteiger partial charge in [-0.05, 0) is 12.8 Å². The van der Waals surface area contributed by atoms with Crippen molar-refractivity contribution in [2.45, 2.75) is 18.6 Å². The lowest BCUT2D eigenvalue weighted by Gasteiger charge is -2.31. The number of hydrogen-bond acceptors (Lipinski definition) is 8. The molecule has 29 heavy (non-hydrogen) atoms. The second-order valence-electron chi connectivity index (χ2n) is 6.37. The van der Waals surface area contributed by atoms with E-state index in [0.717, 1.165) is 6.29 Å². The third-order valence-electron chi connectivity index (χ3n) is 4.39. The molecule has 0 aromatic rings. The third-order valence-corrected chi connectivity index (χ3v) is 4.39. The number of hydrogen-bond donors (Lipinski definition) is 0. The van der Waals surface area contributed by atoms with E-state index in [1.165, 1.54) is 0 Å². The molecule has 1 heterocycles. The molecule has 3 atom stereocenters. The molecule has 2 aliphatic rings. The van der Waals surface area contributed by atoms with Crippen LogP contribution in [0.15, 0.2) is 28.8 Å². The van der Waals surface area contributed by atoms with Crippen LogP contribution in [0.5, 0.6) is 0 Å². The second-order valence-corrected chi connectivity index (χ2v) is 6.37. The van der Waals surface area contributed by atoms with Crippen LogP contribution >= 0.6 is 0 Å². The lowest BCUT2D eigenvalue weighted by atomic mass is 9.88. The molecule has 9 heteroatoms. The molecule has 0 spiro atoms. The Balaban J connectivity index is 2.05. The van der Waals surface area contributed by atoms with E-state index in [9.17, 15) is 9.59 Å². The summed E-state index contributed by atoms with van der Waals surface area (Å²) in [6.07, 6.45) is 4.64. The number of aldehydes is 1. The maximum atomic E-state index is 11.7. The first kappa shape index (κ1) is 23.4. The van der Waals surface area contributed by atoms with Gasteiger partial charge in [0, 0.05) is 17.9 Å². The van der Waals surface area contributed by atoms with E-state index in [0.29, 0.717) is 71.5 Å². The molecule has 0 aromatic heterocycles. The van der Waals surface area contributed by atoms with E-state index in [2.05, 4.69) is 11.7 Å². The highest BCUT2D eigenvalue weighted by Gasteiger charge is 2.32. The van der Waals surface area contributed by atoms with Crippen molar-refractivity contribution in [3.05, 3.63) is 23.8 Å². The predicted octanol–water partition coefficient (Wildman–Crippen LogP) is 1.36. The van der Waals surface area contributed by atoms with Crippen molar-refractivity contribution >= 4 is 19.1 Å². The highest BCUT2D eigenvalue weighted by molar-refractivity contribution is 5.78. The first-order valence-corrected chi connectivity index (χ1v) is 9.69. The van der Waals surface area contributed by atoms with Gasteiger partial charge in [0.1, 0.15) is 12.4 Å². The van der Waals surface area contributed by atoms with Crippen molar-refractivity contribution in [2.24, 2.45) is 10.9 Å². The molecule has 9 nitrogen and oxygen atoms in total. The van der Waals surface area contributed by atoms with Gasteiger partial charge in [-0.3, -0.25) is 4.79 Å². The number of fused-ring (bicyclic) bond motifs is 1. The first-order valence-electron chi connectivity index (χ1n) is 9.69. The van der Waals surface area contributed by atoms with Crippen molar-refractivity contribution in [2.75, 3.05) is 59.5 Å². The molecule has 3 unspecified atom stereocenters. The fourth-order valence-electron chi connectivity index (χ4n) is 2.96. The van der Waals surface area contributed by atoms with Crippen LogP contribution < -0.4 is 0 Å². The van der Waals surface area contributed by atoms with Gasteiger partial charge in [0.25, 0.3) is 0 Å². The van der Waals surface area contributed by atoms with E-state index >= 15 is 0 Å². The molecule has 1 aliphatic carbocycles. The normalized spacial score (nSPS) is 28.1. The SMILES string of the molecule is C=NC(=O)OC1CCOCCOCCOCCOCCOC2C=C(C=O)C=CC21. The Hall–Kier alpha value is -1.91. The van der Waals surface area contributed by atoms with Crippen molar-refractivity contribution in [3.8, 4) is 0 Å². The number of nitrogens with zero attached hydrogens (tertiary/aromatic N) is 1. The number of carbonyl (C=O) groups is 2. The molecule has 162 valence electrons. The summed E-state index contributed by atoms with van der Waals surface area (Å²) in [7, 11) is 0. The molecule has 0 N–H and O–H groups in total. The fourth-order valence-corrected chi connectivity index (χ4v) is 2.96. The monoisotopic (exact) mass is 411 g/mol. The highest BCUT2D eigenvalue weighted by atomic mass is 16.6. The number of rotatable bonds is 2. The predicted molar refractivity (Wildman–Crippen MR) is 104 cm³/mol. The Labute approximate surface area is 170 Å². The van der Waals surface area contributed by atoms with Gasteiger partial charge in [0.2, 0.25) is 0 Å². The van der Waals surface area contributed by atoms with E-state index in [1.807, 2.05) is 6.08 Å². The molecule has 1 amide bonds. The Bertz CT molecular complexity index is 577. The van der Waals surface area contributed by atoms with E-state index in [-0.39, 0.29) is 5.92 Å². The maximum Gasteiger partial charge on any atom is 0.433 e. The van der Waals surface area contributed by atoms with Gasteiger partial charge in [-0.15, -0.1) is 0 Å². The van der Waals surface area contributed by atoms with Crippen molar-refractivity contribution < 1.29 is 38.0 Å². The number of allylic oxidation sites excluding steroid dienone is 2. The Morgan fingerprint density at radius 1 is 1.00 bits per heavy atom.